The summed E-state index contributed by atoms with van der Waals surface area (Å²) in [5, 5.41) is 0. The van der Waals surface area contributed by atoms with E-state index in [1.165, 1.54) is 0 Å². The Morgan fingerprint density at radius 3 is 2.57 bits per heavy atom. The van der Waals surface area contributed by atoms with E-state index in [9.17, 15) is 4.79 Å². The molecule has 0 N–H and O–H groups in total. The molecule has 74 valence electrons. The lowest BCUT2D eigenvalue weighted by molar-refractivity contribution is 0.104. The highest BCUT2D eigenvalue weighted by Gasteiger charge is 2.06. The normalized spacial score (nSPS) is 9.71. The maximum absolute atomic E-state index is 11.7. The van der Waals surface area contributed by atoms with Crippen molar-refractivity contribution in [2.45, 2.75) is 20.8 Å². The zero-order valence-corrected chi connectivity index (χ0v) is 10.2. The zero-order chi connectivity index (χ0) is 10.7. The van der Waals surface area contributed by atoms with Gasteiger partial charge in [0.05, 0.1) is 0 Å². The molecule has 0 atom stereocenters. The molecule has 0 unspecified atom stereocenters. The highest BCUT2D eigenvalue weighted by Crippen LogP contribution is 2.17. The number of aryl methyl sites for hydroxylation is 1. The topological polar surface area (TPSA) is 17.1 Å². The molecule has 1 aromatic rings. The molecule has 2 heteroatoms. The molecule has 0 amide bonds. The Kier molecular flexibility index (Phi) is 3.64. The fraction of sp³-hybridized carbons (Fsp3) is 0.250. The zero-order valence-electron chi connectivity index (χ0n) is 8.60. The van der Waals surface area contributed by atoms with Crippen LogP contribution in [0.3, 0.4) is 0 Å². The number of ketones is 1. The van der Waals surface area contributed by atoms with Crippen molar-refractivity contribution >= 4 is 21.7 Å². The fourth-order valence-electron chi connectivity index (χ4n) is 1.20. The minimum atomic E-state index is 0.0730. The van der Waals surface area contributed by atoms with E-state index in [-0.39, 0.29) is 5.78 Å². The van der Waals surface area contributed by atoms with Crippen LogP contribution in [-0.2, 0) is 0 Å². The number of hydrogen-bond donors (Lipinski definition) is 0. The van der Waals surface area contributed by atoms with Gasteiger partial charge >= 0.3 is 0 Å². The molecule has 0 aliphatic rings. The molecular weight excluding hydrogens is 240 g/mol. The molecular formula is C12H13BrO. The van der Waals surface area contributed by atoms with Crippen molar-refractivity contribution in [3.63, 3.8) is 0 Å². The van der Waals surface area contributed by atoms with Crippen LogP contribution in [0.25, 0.3) is 0 Å². The molecule has 0 aliphatic heterocycles. The quantitative estimate of drug-likeness (QED) is 0.577. The SMILES string of the molecule is CC(C)=CC(=O)c1cc(Br)ccc1C. The van der Waals surface area contributed by atoms with Crippen LogP contribution in [0, 0.1) is 6.92 Å². The van der Waals surface area contributed by atoms with E-state index >= 15 is 0 Å². The van der Waals surface area contributed by atoms with Crippen LogP contribution in [0.2, 0.25) is 0 Å². The number of carbonyl (C=O) groups is 1. The van der Waals surface area contributed by atoms with Gasteiger partial charge < -0.3 is 0 Å². The van der Waals surface area contributed by atoms with E-state index in [2.05, 4.69) is 15.9 Å². The van der Waals surface area contributed by atoms with E-state index in [4.69, 9.17) is 0 Å². The largest absolute Gasteiger partial charge is 0.289 e. The van der Waals surface area contributed by atoms with Crippen molar-refractivity contribution in [3.8, 4) is 0 Å². The number of allylic oxidation sites excluding steroid dienone is 2. The number of benzene rings is 1. The van der Waals surface area contributed by atoms with Crippen molar-refractivity contribution in [1.82, 2.24) is 0 Å². The van der Waals surface area contributed by atoms with Crippen LogP contribution < -0.4 is 0 Å². The summed E-state index contributed by atoms with van der Waals surface area (Å²) in [6.07, 6.45) is 1.66. The predicted molar refractivity (Wildman–Crippen MR) is 62.6 cm³/mol. The molecule has 0 bridgehead atoms. The average molecular weight is 253 g/mol. The lowest BCUT2D eigenvalue weighted by Gasteiger charge is -2.02. The summed E-state index contributed by atoms with van der Waals surface area (Å²) in [6, 6.07) is 5.74. The number of halogens is 1. The number of rotatable bonds is 2. The predicted octanol–water partition coefficient (Wildman–Crippen LogP) is 3.91. The van der Waals surface area contributed by atoms with Gasteiger partial charge in [-0.25, -0.2) is 0 Å². The van der Waals surface area contributed by atoms with Gasteiger partial charge in [0.15, 0.2) is 5.78 Å². The van der Waals surface area contributed by atoms with Gasteiger partial charge in [-0.3, -0.25) is 4.79 Å². The second kappa shape index (κ2) is 4.56. The van der Waals surface area contributed by atoms with Crippen LogP contribution in [0.15, 0.2) is 34.3 Å². The second-order valence-electron chi connectivity index (χ2n) is 3.55. The van der Waals surface area contributed by atoms with Crippen molar-refractivity contribution in [2.24, 2.45) is 0 Å². The van der Waals surface area contributed by atoms with E-state index in [0.717, 1.165) is 21.2 Å². The first-order valence-corrected chi connectivity index (χ1v) is 5.25. The molecule has 1 rings (SSSR count). The third kappa shape index (κ3) is 2.81. The Morgan fingerprint density at radius 2 is 2.00 bits per heavy atom. The standard InChI is InChI=1S/C12H13BrO/c1-8(2)6-12(14)11-7-10(13)5-4-9(11)3/h4-7H,1-3H3. The van der Waals surface area contributed by atoms with Crippen LogP contribution in [0.1, 0.15) is 29.8 Å². The van der Waals surface area contributed by atoms with Gasteiger partial charge in [-0.05, 0) is 44.5 Å². The molecule has 1 aromatic carbocycles. The summed E-state index contributed by atoms with van der Waals surface area (Å²) in [7, 11) is 0. The van der Waals surface area contributed by atoms with Crippen LogP contribution in [-0.4, -0.2) is 5.78 Å². The van der Waals surface area contributed by atoms with Crippen molar-refractivity contribution in [3.05, 3.63) is 45.4 Å². The van der Waals surface area contributed by atoms with Crippen LogP contribution in [0.4, 0.5) is 0 Å². The first-order chi connectivity index (χ1) is 6.50. The molecule has 0 heterocycles. The van der Waals surface area contributed by atoms with E-state index in [1.54, 1.807) is 6.08 Å². The van der Waals surface area contributed by atoms with Crippen molar-refractivity contribution in [2.75, 3.05) is 0 Å². The molecule has 0 aromatic heterocycles. The fourth-order valence-corrected chi connectivity index (χ4v) is 1.56. The summed E-state index contributed by atoms with van der Waals surface area (Å²) in [6.45, 7) is 5.79. The van der Waals surface area contributed by atoms with Crippen LogP contribution in [0.5, 0.6) is 0 Å². The molecule has 0 spiro atoms. The summed E-state index contributed by atoms with van der Waals surface area (Å²) in [5.41, 5.74) is 2.80. The summed E-state index contributed by atoms with van der Waals surface area (Å²) in [5.74, 6) is 0.0730. The first kappa shape index (κ1) is 11.2. The monoisotopic (exact) mass is 252 g/mol. The third-order valence-corrected chi connectivity index (χ3v) is 2.38. The summed E-state index contributed by atoms with van der Waals surface area (Å²) < 4.78 is 0.939. The Bertz CT molecular complexity index is 387. The average Bonchev–Trinajstić information content (AvgIpc) is 2.08. The molecule has 0 fully saturated rings. The van der Waals surface area contributed by atoms with Gasteiger partial charge in [0.25, 0.3) is 0 Å². The van der Waals surface area contributed by atoms with Gasteiger partial charge in [-0.2, -0.15) is 0 Å². The van der Waals surface area contributed by atoms with E-state index in [0.29, 0.717) is 0 Å². The second-order valence-corrected chi connectivity index (χ2v) is 4.46. The molecule has 0 saturated heterocycles. The first-order valence-electron chi connectivity index (χ1n) is 4.46. The highest BCUT2D eigenvalue weighted by molar-refractivity contribution is 9.10. The Morgan fingerprint density at radius 1 is 1.36 bits per heavy atom. The minimum absolute atomic E-state index is 0.0730. The van der Waals surface area contributed by atoms with Crippen molar-refractivity contribution < 1.29 is 4.79 Å². The molecule has 0 aliphatic carbocycles. The molecule has 1 nitrogen and oxygen atoms in total. The Labute approximate surface area is 93.0 Å². The molecule has 0 saturated carbocycles. The van der Waals surface area contributed by atoms with Gasteiger partial charge in [0, 0.05) is 10.0 Å². The van der Waals surface area contributed by atoms with Gasteiger partial charge in [0.2, 0.25) is 0 Å². The van der Waals surface area contributed by atoms with Crippen molar-refractivity contribution in [1.29, 1.82) is 0 Å². The third-order valence-electron chi connectivity index (χ3n) is 1.88. The summed E-state index contributed by atoms with van der Waals surface area (Å²) >= 11 is 3.36. The van der Waals surface area contributed by atoms with Crippen LogP contribution >= 0.6 is 15.9 Å². The number of hydrogen-bond acceptors (Lipinski definition) is 1. The molecule has 14 heavy (non-hydrogen) atoms. The van der Waals surface area contributed by atoms with E-state index in [1.807, 2.05) is 39.0 Å². The highest BCUT2D eigenvalue weighted by atomic mass is 79.9. The van der Waals surface area contributed by atoms with E-state index < -0.39 is 0 Å². The summed E-state index contributed by atoms with van der Waals surface area (Å²) in [4.78, 5) is 11.7. The van der Waals surface area contributed by atoms with Gasteiger partial charge in [-0.1, -0.05) is 27.6 Å². The maximum atomic E-state index is 11.7. The lowest BCUT2D eigenvalue weighted by Crippen LogP contribution is -1.98. The smallest absolute Gasteiger partial charge is 0.186 e. The van der Waals surface area contributed by atoms with Gasteiger partial charge in [-0.15, -0.1) is 0 Å². The number of carbonyl (C=O) groups excluding carboxylic acids is 1. The maximum Gasteiger partial charge on any atom is 0.186 e. The minimum Gasteiger partial charge on any atom is -0.289 e. The lowest BCUT2D eigenvalue weighted by atomic mass is 10.0. The Balaban J connectivity index is 3.12. The molecule has 0 radical (unpaired) electrons. The van der Waals surface area contributed by atoms with Gasteiger partial charge in [0.1, 0.15) is 0 Å². The Hall–Kier alpha value is -0.890.